The molecule has 3 aliphatic rings. The van der Waals surface area contributed by atoms with Gasteiger partial charge in [-0.25, -0.2) is 29.3 Å². The second-order valence-corrected chi connectivity index (χ2v) is 12.9. The van der Waals surface area contributed by atoms with E-state index in [9.17, 15) is 41.4 Å². The van der Waals surface area contributed by atoms with Gasteiger partial charge in [-0.05, 0) is 12.8 Å². The highest BCUT2D eigenvalue weighted by Crippen LogP contribution is 2.33. The molecule has 7 unspecified atom stereocenters. The van der Waals surface area contributed by atoms with Crippen molar-refractivity contribution in [1.82, 2.24) is 39.6 Å². The van der Waals surface area contributed by atoms with Crippen molar-refractivity contribution in [3.63, 3.8) is 0 Å². The lowest BCUT2D eigenvalue weighted by Crippen LogP contribution is -2.45. The number of urea groups is 1. The summed E-state index contributed by atoms with van der Waals surface area (Å²) in [5, 5.41) is 34.1. The van der Waals surface area contributed by atoms with Crippen LogP contribution >= 0.6 is 11.8 Å². The molecule has 18 nitrogen and oxygen atoms in total. The quantitative estimate of drug-likeness (QED) is 0.103. The van der Waals surface area contributed by atoms with Crippen LogP contribution in [0.25, 0.3) is 11.2 Å². The van der Waals surface area contributed by atoms with Crippen molar-refractivity contribution in [3.05, 3.63) is 12.7 Å². The van der Waals surface area contributed by atoms with Crippen LogP contribution in [-0.2, 0) is 24.5 Å². The number of nitrogens with zero attached hydrogens (tertiary/aromatic N) is 4. The Morgan fingerprint density at radius 3 is 2.58 bits per heavy atom. The maximum atomic E-state index is 12.4. The van der Waals surface area contributed by atoms with Crippen molar-refractivity contribution in [2.75, 3.05) is 18.0 Å². The van der Waals surface area contributed by atoms with Crippen LogP contribution in [0.15, 0.2) is 12.7 Å². The lowest BCUT2D eigenvalue weighted by molar-refractivity contribution is -0.192. The number of thioether (sulfide) groups is 1. The van der Waals surface area contributed by atoms with E-state index in [1.807, 2.05) is 4.72 Å². The highest BCUT2D eigenvalue weighted by atomic mass is 32.2. The Morgan fingerprint density at radius 2 is 1.89 bits per heavy atom. The highest BCUT2D eigenvalue weighted by molar-refractivity contribution is 8.00. The number of rotatable bonds is 10. The van der Waals surface area contributed by atoms with Crippen molar-refractivity contribution in [2.24, 2.45) is 0 Å². The first-order valence-corrected chi connectivity index (χ1v) is 15.8. The van der Waals surface area contributed by atoms with Gasteiger partial charge >= 0.3 is 28.4 Å². The molecule has 5 heterocycles. The molecule has 0 aromatic carbocycles. The Hall–Kier alpha value is -3.51. The van der Waals surface area contributed by atoms with Crippen LogP contribution in [0, 0.1) is 0 Å². The molecule has 9 N–H and O–H groups in total. The Bertz CT molecular complexity index is 1510. The number of amides is 3. The lowest BCUT2D eigenvalue weighted by Gasteiger charge is -2.17. The predicted octanol–water partition coefficient (Wildman–Crippen LogP) is -1.66. The summed E-state index contributed by atoms with van der Waals surface area (Å²) in [6.45, 7) is -0.400. The number of anilines is 1. The number of aliphatic hydroxyl groups is 2. The summed E-state index contributed by atoms with van der Waals surface area (Å²) in [5.74, 6) is -2.45. The number of hydrogen-bond acceptors (Lipinski definition) is 13. The van der Waals surface area contributed by atoms with Crippen molar-refractivity contribution in [2.45, 2.75) is 73.7 Å². The third kappa shape index (κ3) is 8.40. The molecule has 5 rings (SSSR count). The van der Waals surface area contributed by atoms with Gasteiger partial charge < -0.3 is 36.4 Å². The number of aliphatic hydroxyl groups excluding tert-OH is 2. The topological polar surface area (TPSA) is 273 Å². The van der Waals surface area contributed by atoms with Crippen molar-refractivity contribution in [1.29, 1.82) is 0 Å². The molecule has 3 aliphatic heterocycles. The molecule has 3 fully saturated rings. The molecule has 2 aromatic rings. The number of imidazole rings is 1. The van der Waals surface area contributed by atoms with Crippen LogP contribution < -0.4 is 25.8 Å². The van der Waals surface area contributed by atoms with Gasteiger partial charge in [0, 0.05) is 24.0 Å². The van der Waals surface area contributed by atoms with E-state index in [1.54, 1.807) is 11.8 Å². The van der Waals surface area contributed by atoms with Gasteiger partial charge in [0.25, 0.3) is 0 Å². The van der Waals surface area contributed by atoms with E-state index in [-0.39, 0.29) is 46.8 Å². The van der Waals surface area contributed by atoms with Crippen molar-refractivity contribution in [3.8, 4) is 0 Å². The van der Waals surface area contributed by atoms with Gasteiger partial charge in [0.2, 0.25) is 5.91 Å². The Morgan fingerprint density at radius 1 is 1.18 bits per heavy atom. The van der Waals surface area contributed by atoms with Gasteiger partial charge in [-0.3, -0.25) is 9.36 Å². The molecule has 0 spiro atoms. The van der Waals surface area contributed by atoms with Crippen LogP contribution in [-0.4, -0.2) is 115 Å². The van der Waals surface area contributed by atoms with Gasteiger partial charge in [0.05, 0.1) is 18.4 Å². The summed E-state index contributed by atoms with van der Waals surface area (Å²) in [6, 6.07) is 0.0526. The first-order valence-electron chi connectivity index (χ1n) is 13.3. The van der Waals surface area contributed by atoms with E-state index >= 15 is 0 Å². The summed E-state index contributed by atoms with van der Waals surface area (Å²) in [7, 11) is -4.23. The molecule has 2 aromatic heterocycles. The number of unbranched alkanes of at least 4 members (excludes halogenated alkanes) is 1. The van der Waals surface area contributed by atoms with E-state index < -0.39 is 59.3 Å². The number of carboxylic acid groups (broad SMARTS) is 1. The van der Waals surface area contributed by atoms with Crippen LogP contribution in [0.5, 0.6) is 0 Å². The van der Waals surface area contributed by atoms with Gasteiger partial charge in [-0.2, -0.15) is 38.1 Å². The number of nitrogens with one attached hydrogen (secondary N) is 4. The lowest BCUT2D eigenvalue weighted by atomic mass is 10.0. The maximum Gasteiger partial charge on any atom is 0.490 e. The molecule has 0 bridgehead atoms. The zero-order valence-electron chi connectivity index (χ0n) is 23.0. The average molecular weight is 686 g/mol. The highest BCUT2D eigenvalue weighted by Gasteiger charge is 2.45. The number of alkyl halides is 3. The van der Waals surface area contributed by atoms with Gasteiger partial charge in [-0.15, -0.1) is 0 Å². The number of aliphatic carboxylic acids is 1. The van der Waals surface area contributed by atoms with Crippen molar-refractivity contribution < 1.29 is 56.0 Å². The monoisotopic (exact) mass is 685 g/mol. The summed E-state index contributed by atoms with van der Waals surface area (Å²) in [4.78, 5) is 44.6. The molecule has 0 radical (unpaired) electrons. The number of halogens is 3. The van der Waals surface area contributed by atoms with Crippen LogP contribution in [0.1, 0.15) is 31.9 Å². The SMILES string of the molecule is Nc1ncnc2c1ncn2C1OC(CNS(=O)(=O)NC(=O)CCCCC2SCC3NC(=O)NC32)C(O)C1O.O=C(O)C(F)(F)F. The molecule has 0 saturated carbocycles. The normalized spacial score (nSPS) is 27.8. The molecule has 0 aliphatic carbocycles. The number of carbonyl (C=O) groups excluding carboxylic acids is 2. The second kappa shape index (κ2) is 13.9. The fourth-order valence-electron chi connectivity index (χ4n) is 4.89. The summed E-state index contributed by atoms with van der Waals surface area (Å²) >= 11 is 1.77. The Labute approximate surface area is 256 Å². The maximum absolute atomic E-state index is 12.4. The smallest absolute Gasteiger partial charge is 0.475 e. The average Bonchev–Trinajstić information content (AvgIpc) is 3.70. The van der Waals surface area contributed by atoms with E-state index in [1.165, 1.54) is 17.2 Å². The fraction of sp³-hybridized carbons (Fsp3) is 0.636. The molecular formula is C22H30F3N9O9S2. The minimum absolute atomic E-state index is 0.0129. The first kappa shape index (κ1) is 34.4. The van der Waals surface area contributed by atoms with E-state index in [4.69, 9.17) is 20.4 Å². The standard InChI is InChI=1S/C20H29N9O7S2.C2HF3O2/c21-17-14-18(23-7-22-17)29(8-24-14)19-16(32)15(31)10(36-19)5-25-38(34,35)28-12(30)4-2-1-3-11-13-9(6-37-11)26-20(33)27-13;3-2(4,5)1(6)7/h7-11,13,15-16,19,25,31-32H,1-6H2,(H,28,30)(H2,21,22,23)(H2,26,27,33);(H,6,7). The minimum Gasteiger partial charge on any atom is -0.475 e. The number of hydrogen-bond donors (Lipinski definition) is 8. The van der Waals surface area contributed by atoms with Gasteiger partial charge in [0.1, 0.15) is 30.2 Å². The molecule has 3 amide bonds. The zero-order chi connectivity index (χ0) is 33.1. The number of carbonyl (C=O) groups is 3. The summed E-state index contributed by atoms with van der Waals surface area (Å²) in [5.41, 5.74) is 6.34. The van der Waals surface area contributed by atoms with Gasteiger partial charge in [0.15, 0.2) is 17.7 Å². The molecule has 45 heavy (non-hydrogen) atoms. The van der Waals surface area contributed by atoms with Crippen LogP contribution in [0.2, 0.25) is 0 Å². The molecule has 23 heteroatoms. The fourth-order valence-corrected chi connectivity index (χ4v) is 7.29. The van der Waals surface area contributed by atoms with Crippen molar-refractivity contribution >= 4 is 56.9 Å². The number of aromatic nitrogens is 4. The number of nitrogens with two attached hydrogens (primary N) is 1. The minimum atomic E-state index is -5.08. The first-order chi connectivity index (χ1) is 21.1. The van der Waals surface area contributed by atoms with E-state index in [0.717, 1.165) is 12.2 Å². The summed E-state index contributed by atoms with van der Waals surface area (Å²) in [6.07, 6.45) is -5.58. The van der Waals surface area contributed by atoms with Gasteiger partial charge in [-0.1, -0.05) is 6.42 Å². The molecule has 3 saturated heterocycles. The number of carboxylic acids is 1. The molecule has 250 valence electrons. The third-order valence-electron chi connectivity index (χ3n) is 7.04. The number of ether oxygens (including phenoxy) is 1. The Kier molecular flexibility index (Phi) is 10.6. The van der Waals surface area contributed by atoms with Crippen LogP contribution in [0.4, 0.5) is 23.8 Å². The van der Waals surface area contributed by atoms with E-state index in [2.05, 4.69) is 30.3 Å². The largest absolute Gasteiger partial charge is 0.490 e. The predicted molar refractivity (Wildman–Crippen MR) is 148 cm³/mol. The third-order valence-corrected chi connectivity index (χ3v) is 9.60. The zero-order valence-corrected chi connectivity index (χ0v) is 24.7. The summed E-state index contributed by atoms with van der Waals surface area (Å²) < 4.78 is 67.7. The molecular weight excluding hydrogens is 655 g/mol. The number of fused-ring (bicyclic) bond motifs is 2. The van der Waals surface area contributed by atoms with E-state index in [0.29, 0.717) is 12.8 Å². The second-order valence-electron chi connectivity index (χ2n) is 10.2. The molecule has 7 atom stereocenters. The van der Waals surface area contributed by atoms with Crippen LogP contribution in [0.3, 0.4) is 0 Å². The Balaban J connectivity index is 0.000000591. The number of nitrogen functional groups attached to an aromatic ring is 1.